The number of H-pyrrole nitrogens is 1. The monoisotopic (exact) mass is 429 g/mol. The molecule has 1 heterocycles. The number of benzene rings is 3. The third-order valence-electron chi connectivity index (χ3n) is 4.70. The van der Waals surface area contributed by atoms with Crippen LogP contribution in [0.3, 0.4) is 0 Å². The average molecular weight is 429 g/mol. The minimum Gasteiger partial charge on any atom is -0.497 e. The summed E-state index contributed by atoms with van der Waals surface area (Å²) >= 11 is 0. The number of rotatable bonds is 6. The molecule has 154 valence electrons. The Hall–Kier alpha value is -3.30. The van der Waals surface area contributed by atoms with Crippen LogP contribution in [-0.4, -0.2) is 25.5 Å². The highest BCUT2D eigenvalue weighted by molar-refractivity contribution is 7.70. The summed E-state index contributed by atoms with van der Waals surface area (Å²) in [5.41, 5.74) is 2.85. The lowest BCUT2D eigenvalue weighted by Gasteiger charge is -2.08. The molecule has 0 amide bonds. The van der Waals surface area contributed by atoms with Gasteiger partial charge in [0.1, 0.15) is 23.2 Å². The van der Waals surface area contributed by atoms with Crippen molar-refractivity contribution < 1.29 is 21.9 Å². The maximum atomic E-state index is 14.8. The fourth-order valence-corrected chi connectivity index (χ4v) is 3.45. The SMILES string of the molecule is COc1ccc2nc(-c3ccc(-c4ccc(CN[SH](=O)=O)c(F)c4)cc3F)[nH]c2c1. The van der Waals surface area contributed by atoms with Gasteiger partial charge in [0.25, 0.3) is 0 Å². The number of aromatic nitrogens is 2. The molecule has 6 nitrogen and oxygen atoms in total. The second kappa shape index (κ2) is 8.21. The summed E-state index contributed by atoms with van der Waals surface area (Å²) in [5.74, 6) is -0.0430. The fraction of sp³-hybridized carbons (Fsp3) is 0.0952. The Morgan fingerprint density at radius 1 is 1.00 bits per heavy atom. The number of hydrogen-bond acceptors (Lipinski definition) is 4. The van der Waals surface area contributed by atoms with Gasteiger partial charge in [-0.1, -0.05) is 18.2 Å². The fourth-order valence-electron chi connectivity index (χ4n) is 3.15. The van der Waals surface area contributed by atoms with E-state index in [1.54, 1.807) is 43.5 Å². The van der Waals surface area contributed by atoms with Gasteiger partial charge in [0.05, 0.1) is 23.7 Å². The van der Waals surface area contributed by atoms with E-state index in [0.29, 0.717) is 28.2 Å². The Kier molecular flexibility index (Phi) is 5.47. The zero-order valence-electron chi connectivity index (χ0n) is 15.8. The molecular weight excluding hydrogens is 412 g/mol. The zero-order valence-corrected chi connectivity index (χ0v) is 16.7. The van der Waals surface area contributed by atoms with Crippen LogP contribution in [0.2, 0.25) is 0 Å². The molecule has 0 aliphatic heterocycles. The van der Waals surface area contributed by atoms with Crippen molar-refractivity contribution in [2.45, 2.75) is 6.54 Å². The van der Waals surface area contributed by atoms with Crippen LogP contribution in [0, 0.1) is 11.6 Å². The van der Waals surface area contributed by atoms with Gasteiger partial charge >= 0.3 is 0 Å². The quantitative estimate of drug-likeness (QED) is 0.407. The molecule has 4 aromatic rings. The minimum absolute atomic E-state index is 0.144. The number of thiol groups is 1. The van der Waals surface area contributed by atoms with Gasteiger partial charge in [-0.2, -0.15) is 0 Å². The summed E-state index contributed by atoms with van der Waals surface area (Å²) in [6.07, 6.45) is 0. The Labute approximate surface area is 172 Å². The van der Waals surface area contributed by atoms with Crippen molar-refractivity contribution in [2.75, 3.05) is 7.11 Å². The molecule has 0 spiro atoms. The van der Waals surface area contributed by atoms with Gasteiger partial charge in [-0.15, -0.1) is 0 Å². The van der Waals surface area contributed by atoms with Crippen molar-refractivity contribution in [1.82, 2.24) is 14.7 Å². The molecular formula is C21H17F2N3O3S. The number of hydrogen-bond donors (Lipinski definition) is 3. The highest BCUT2D eigenvalue weighted by Crippen LogP contribution is 2.29. The largest absolute Gasteiger partial charge is 0.497 e. The van der Waals surface area contributed by atoms with Crippen LogP contribution in [0.5, 0.6) is 5.75 Å². The van der Waals surface area contributed by atoms with E-state index < -0.39 is 22.5 Å². The van der Waals surface area contributed by atoms with Crippen molar-refractivity contribution in [3.63, 3.8) is 0 Å². The number of halogens is 2. The van der Waals surface area contributed by atoms with E-state index in [2.05, 4.69) is 14.7 Å². The van der Waals surface area contributed by atoms with Gasteiger partial charge < -0.3 is 9.72 Å². The van der Waals surface area contributed by atoms with E-state index in [9.17, 15) is 17.2 Å². The highest BCUT2D eigenvalue weighted by Gasteiger charge is 2.13. The van der Waals surface area contributed by atoms with E-state index in [1.165, 1.54) is 18.2 Å². The van der Waals surface area contributed by atoms with Gasteiger partial charge in [-0.3, -0.25) is 0 Å². The van der Waals surface area contributed by atoms with Gasteiger partial charge in [-0.05, 0) is 41.5 Å². The van der Waals surface area contributed by atoms with Crippen molar-refractivity contribution in [3.05, 3.63) is 71.8 Å². The first kappa shape index (κ1) is 20.0. The van der Waals surface area contributed by atoms with E-state index in [-0.39, 0.29) is 17.7 Å². The molecule has 0 saturated carbocycles. The summed E-state index contributed by atoms with van der Waals surface area (Å²) in [5, 5.41) is 0. The van der Waals surface area contributed by atoms with E-state index >= 15 is 0 Å². The maximum absolute atomic E-state index is 14.8. The first-order valence-corrected chi connectivity index (χ1v) is 10.1. The van der Waals surface area contributed by atoms with Crippen LogP contribution in [0.4, 0.5) is 8.78 Å². The van der Waals surface area contributed by atoms with Crippen LogP contribution in [-0.2, 0) is 17.4 Å². The first-order chi connectivity index (χ1) is 14.4. The molecule has 1 aromatic heterocycles. The molecule has 0 aliphatic rings. The number of fused-ring (bicyclic) bond motifs is 1. The summed E-state index contributed by atoms with van der Waals surface area (Å²) in [4.78, 5) is 7.49. The van der Waals surface area contributed by atoms with Crippen molar-refractivity contribution in [1.29, 1.82) is 0 Å². The molecule has 3 aromatic carbocycles. The number of ether oxygens (including phenoxy) is 1. The van der Waals surface area contributed by atoms with Crippen molar-refractivity contribution in [2.24, 2.45) is 0 Å². The molecule has 0 fully saturated rings. The second-order valence-corrected chi connectivity index (χ2v) is 7.39. The normalized spacial score (nSPS) is 11.3. The molecule has 0 aliphatic carbocycles. The number of nitrogens with zero attached hydrogens (tertiary/aromatic N) is 1. The first-order valence-electron chi connectivity index (χ1n) is 8.95. The van der Waals surface area contributed by atoms with Gasteiger partial charge in [0, 0.05) is 18.2 Å². The Bertz CT molecular complexity index is 1310. The van der Waals surface area contributed by atoms with E-state index in [1.807, 2.05) is 0 Å². The summed E-state index contributed by atoms with van der Waals surface area (Å²) < 4.78 is 57.6. The molecule has 4 rings (SSSR count). The summed E-state index contributed by atoms with van der Waals surface area (Å²) in [7, 11) is -1.25. The van der Waals surface area contributed by atoms with Crippen molar-refractivity contribution in [3.8, 4) is 28.3 Å². The van der Waals surface area contributed by atoms with Gasteiger partial charge in [0.15, 0.2) is 0 Å². The van der Waals surface area contributed by atoms with Crippen molar-refractivity contribution >= 4 is 21.9 Å². The zero-order chi connectivity index (χ0) is 21.3. The molecule has 0 radical (unpaired) electrons. The molecule has 30 heavy (non-hydrogen) atoms. The molecule has 9 heteroatoms. The summed E-state index contributed by atoms with van der Waals surface area (Å²) in [6.45, 7) is -0.144. The Morgan fingerprint density at radius 2 is 1.73 bits per heavy atom. The van der Waals surface area contributed by atoms with E-state index in [0.717, 1.165) is 5.52 Å². The lowest BCUT2D eigenvalue weighted by Crippen LogP contribution is -2.11. The maximum Gasteiger partial charge on any atom is 0.201 e. The van der Waals surface area contributed by atoms with Crippen LogP contribution in [0.15, 0.2) is 54.6 Å². The molecule has 0 atom stereocenters. The number of aromatic amines is 1. The predicted molar refractivity (Wildman–Crippen MR) is 111 cm³/mol. The molecule has 0 unspecified atom stereocenters. The van der Waals surface area contributed by atoms with Crippen LogP contribution in [0.1, 0.15) is 5.56 Å². The second-order valence-electron chi connectivity index (χ2n) is 6.56. The predicted octanol–water partition coefficient (Wildman–Crippen LogP) is 3.80. The Balaban J connectivity index is 1.64. The third kappa shape index (κ3) is 4.03. The Morgan fingerprint density at radius 3 is 2.40 bits per heavy atom. The average Bonchev–Trinajstić information content (AvgIpc) is 3.15. The molecule has 0 saturated heterocycles. The number of methoxy groups -OCH3 is 1. The lowest BCUT2D eigenvalue weighted by molar-refractivity contribution is 0.415. The van der Waals surface area contributed by atoms with Crippen LogP contribution in [0.25, 0.3) is 33.5 Å². The lowest BCUT2D eigenvalue weighted by atomic mass is 10.0. The van der Waals surface area contributed by atoms with Crippen LogP contribution < -0.4 is 9.46 Å². The topological polar surface area (TPSA) is 84.1 Å². The standard InChI is InChI=1S/C21H17F2N3O3S/c1-29-15-5-7-19-20(10-15)26-21(25-19)16-6-4-13(9-18(16)23)12-2-3-14(17(22)8-12)11-24-30(27)28/h2-10,30H,11H2,1H3,(H,25,26)(H,24,27,28). The van der Waals surface area contributed by atoms with Gasteiger partial charge in [0.2, 0.25) is 10.9 Å². The number of imidazole rings is 1. The molecule has 2 N–H and O–H groups in total. The van der Waals surface area contributed by atoms with Crippen LogP contribution >= 0.6 is 0 Å². The highest BCUT2D eigenvalue weighted by atomic mass is 32.2. The molecule has 0 bridgehead atoms. The number of nitrogens with one attached hydrogen (secondary N) is 2. The smallest absolute Gasteiger partial charge is 0.201 e. The third-order valence-corrected chi connectivity index (χ3v) is 5.11. The summed E-state index contributed by atoms with van der Waals surface area (Å²) in [6, 6.07) is 14.2. The van der Waals surface area contributed by atoms with Gasteiger partial charge in [-0.25, -0.2) is 26.9 Å². The van der Waals surface area contributed by atoms with E-state index in [4.69, 9.17) is 4.74 Å². The minimum atomic E-state index is -2.81.